The summed E-state index contributed by atoms with van der Waals surface area (Å²) in [6.45, 7) is 2.28. The van der Waals surface area contributed by atoms with Crippen molar-refractivity contribution in [2.45, 2.75) is 19.3 Å². The van der Waals surface area contributed by atoms with Gasteiger partial charge in [0, 0.05) is 12.7 Å². The zero-order valence-electron chi connectivity index (χ0n) is 10.9. The maximum Gasteiger partial charge on any atom is 0.137 e. The molecule has 2 heterocycles. The first-order valence-corrected chi connectivity index (χ1v) is 6.78. The minimum Gasteiger partial charge on any atom is -0.495 e. The molecule has 1 aliphatic carbocycles. The Bertz CT molecular complexity index is 456. The van der Waals surface area contributed by atoms with Gasteiger partial charge in [0.15, 0.2) is 0 Å². The fourth-order valence-corrected chi connectivity index (χ4v) is 3.25. The Kier molecular flexibility index (Phi) is 3.33. The van der Waals surface area contributed by atoms with Gasteiger partial charge in [0.25, 0.3) is 0 Å². The summed E-state index contributed by atoms with van der Waals surface area (Å²) in [7, 11) is 1.70. The minimum absolute atomic E-state index is 0.654. The molecule has 0 unspecified atom stereocenters. The van der Waals surface area contributed by atoms with Crippen molar-refractivity contribution in [2.75, 3.05) is 20.2 Å². The molecule has 2 atom stereocenters. The summed E-state index contributed by atoms with van der Waals surface area (Å²) in [6.07, 6.45) is 9.97. The molecular weight excluding hydrogens is 224 g/mol. The average molecular weight is 244 g/mol. The largest absolute Gasteiger partial charge is 0.495 e. The third-order valence-electron chi connectivity index (χ3n) is 4.21. The summed E-state index contributed by atoms with van der Waals surface area (Å²) >= 11 is 0. The molecule has 1 aliphatic heterocycles. The van der Waals surface area contributed by atoms with Crippen LogP contribution < -0.4 is 10.1 Å². The van der Waals surface area contributed by atoms with Crippen molar-refractivity contribution in [3.05, 3.63) is 30.1 Å². The average Bonchev–Trinajstić information content (AvgIpc) is 2.47. The second kappa shape index (κ2) is 5.11. The number of hydrogen-bond acceptors (Lipinski definition) is 3. The Morgan fingerprint density at radius 1 is 1.33 bits per heavy atom. The van der Waals surface area contributed by atoms with E-state index in [4.69, 9.17) is 4.74 Å². The molecule has 18 heavy (non-hydrogen) atoms. The predicted molar refractivity (Wildman–Crippen MR) is 72.5 cm³/mol. The maximum atomic E-state index is 5.28. The van der Waals surface area contributed by atoms with Gasteiger partial charge in [0.05, 0.1) is 13.3 Å². The second-order valence-corrected chi connectivity index (χ2v) is 5.21. The Morgan fingerprint density at radius 3 is 3.17 bits per heavy atom. The smallest absolute Gasteiger partial charge is 0.137 e. The molecule has 1 aromatic rings. The van der Waals surface area contributed by atoms with E-state index in [1.54, 1.807) is 13.3 Å². The number of hydrogen-bond donors (Lipinski definition) is 1. The van der Waals surface area contributed by atoms with Crippen LogP contribution in [-0.4, -0.2) is 25.2 Å². The third-order valence-corrected chi connectivity index (χ3v) is 4.21. The van der Waals surface area contributed by atoms with Crippen LogP contribution in [0.25, 0.3) is 5.57 Å². The zero-order valence-corrected chi connectivity index (χ0v) is 10.9. The number of allylic oxidation sites excluding steroid dienone is 1. The molecular formula is C15H20N2O. The van der Waals surface area contributed by atoms with E-state index in [0.717, 1.165) is 18.2 Å². The lowest BCUT2D eigenvalue weighted by Gasteiger charge is -2.37. The van der Waals surface area contributed by atoms with Gasteiger partial charge >= 0.3 is 0 Å². The van der Waals surface area contributed by atoms with Crippen molar-refractivity contribution in [3.8, 4) is 5.75 Å². The number of fused-ring (bicyclic) bond motifs is 1. The number of methoxy groups -OCH3 is 1. The van der Waals surface area contributed by atoms with Crippen LogP contribution in [0.15, 0.2) is 24.5 Å². The van der Waals surface area contributed by atoms with Crippen LogP contribution in [-0.2, 0) is 0 Å². The molecule has 3 rings (SSSR count). The molecule has 3 nitrogen and oxygen atoms in total. The van der Waals surface area contributed by atoms with E-state index in [1.165, 1.54) is 36.9 Å². The molecule has 1 aromatic heterocycles. The van der Waals surface area contributed by atoms with E-state index >= 15 is 0 Å². The molecule has 0 amide bonds. The van der Waals surface area contributed by atoms with Crippen LogP contribution >= 0.6 is 0 Å². The number of aromatic nitrogens is 1. The fourth-order valence-electron chi connectivity index (χ4n) is 3.25. The van der Waals surface area contributed by atoms with Gasteiger partial charge in [-0.05, 0) is 54.8 Å². The van der Waals surface area contributed by atoms with Gasteiger partial charge in [-0.2, -0.15) is 0 Å². The number of nitrogens with zero attached hydrogens (tertiary/aromatic N) is 1. The van der Waals surface area contributed by atoms with Crippen molar-refractivity contribution in [1.82, 2.24) is 10.3 Å². The van der Waals surface area contributed by atoms with E-state index in [1.807, 2.05) is 6.20 Å². The highest BCUT2D eigenvalue weighted by atomic mass is 16.5. The Labute approximate surface area is 108 Å². The normalized spacial score (nSPS) is 27.3. The van der Waals surface area contributed by atoms with E-state index < -0.39 is 0 Å². The second-order valence-electron chi connectivity index (χ2n) is 5.21. The molecule has 0 aromatic carbocycles. The van der Waals surface area contributed by atoms with Gasteiger partial charge in [-0.3, -0.25) is 4.98 Å². The number of ether oxygens (including phenoxy) is 1. The van der Waals surface area contributed by atoms with Crippen LogP contribution in [0, 0.1) is 11.8 Å². The van der Waals surface area contributed by atoms with Crippen molar-refractivity contribution in [1.29, 1.82) is 0 Å². The first-order valence-electron chi connectivity index (χ1n) is 6.78. The molecule has 0 bridgehead atoms. The summed E-state index contributed by atoms with van der Waals surface area (Å²) in [5.74, 6) is 2.35. The van der Waals surface area contributed by atoms with Gasteiger partial charge in [0.2, 0.25) is 0 Å². The highest BCUT2D eigenvalue weighted by molar-refractivity contribution is 5.69. The van der Waals surface area contributed by atoms with E-state index in [-0.39, 0.29) is 0 Å². The van der Waals surface area contributed by atoms with Crippen molar-refractivity contribution in [2.24, 2.45) is 11.8 Å². The number of pyridine rings is 1. The lowest BCUT2D eigenvalue weighted by molar-refractivity contribution is 0.285. The summed E-state index contributed by atoms with van der Waals surface area (Å²) < 4.78 is 5.28. The number of piperidine rings is 1. The molecule has 0 radical (unpaired) electrons. The molecule has 2 aliphatic rings. The molecule has 1 fully saturated rings. The van der Waals surface area contributed by atoms with Crippen molar-refractivity contribution >= 4 is 5.57 Å². The van der Waals surface area contributed by atoms with Gasteiger partial charge in [0.1, 0.15) is 5.75 Å². The van der Waals surface area contributed by atoms with Crippen LogP contribution in [0.5, 0.6) is 5.75 Å². The number of rotatable bonds is 2. The van der Waals surface area contributed by atoms with Crippen LogP contribution in [0.1, 0.15) is 24.8 Å². The highest BCUT2D eigenvalue weighted by Gasteiger charge is 2.30. The van der Waals surface area contributed by atoms with E-state index in [0.29, 0.717) is 5.92 Å². The third kappa shape index (κ3) is 2.15. The van der Waals surface area contributed by atoms with Gasteiger partial charge in [-0.25, -0.2) is 0 Å². The Hall–Kier alpha value is -1.35. The number of nitrogens with one attached hydrogen (secondary N) is 1. The van der Waals surface area contributed by atoms with Gasteiger partial charge in [-0.15, -0.1) is 0 Å². The van der Waals surface area contributed by atoms with E-state index in [9.17, 15) is 0 Å². The van der Waals surface area contributed by atoms with Crippen molar-refractivity contribution in [3.63, 3.8) is 0 Å². The lowest BCUT2D eigenvalue weighted by Crippen LogP contribution is -2.38. The highest BCUT2D eigenvalue weighted by Crippen LogP contribution is 2.39. The summed E-state index contributed by atoms with van der Waals surface area (Å²) in [6, 6.07) is 2.11. The molecule has 1 N–H and O–H groups in total. The first kappa shape index (κ1) is 11.7. The molecule has 0 saturated carbocycles. The predicted octanol–water partition coefficient (Wildman–Crippen LogP) is 2.49. The van der Waals surface area contributed by atoms with E-state index in [2.05, 4.69) is 22.4 Å². The van der Waals surface area contributed by atoms with Crippen LogP contribution in [0.3, 0.4) is 0 Å². The molecule has 3 heteroatoms. The first-order chi connectivity index (χ1) is 8.88. The summed E-state index contributed by atoms with van der Waals surface area (Å²) in [5, 5.41) is 3.52. The topological polar surface area (TPSA) is 34.1 Å². The lowest BCUT2D eigenvalue weighted by atomic mass is 9.73. The zero-order chi connectivity index (χ0) is 12.4. The molecule has 1 saturated heterocycles. The minimum atomic E-state index is 0.654. The Balaban J connectivity index is 1.91. The fraction of sp³-hybridized carbons (Fsp3) is 0.533. The molecule has 0 spiro atoms. The maximum absolute atomic E-state index is 5.28. The quantitative estimate of drug-likeness (QED) is 0.868. The van der Waals surface area contributed by atoms with Crippen LogP contribution in [0.4, 0.5) is 0 Å². The standard InChI is InChI=1S/C15H20N2O/c1-18-13-7-12(8-17-9-13)14-4-2-3-11-5-6-16-10-15(11)14/h4,7-9,11,15-16H,2-3,5-6,10H2,1H3/t11-,15+/m1/s1. The van der Waals surface area contributed by atoms with Gasteiger partial charge in [-0.1, -0.05) is 6.08 Å². The van der Waals surface area contributed by atoms with Crippen LogP contribution in [0.2, 0.25) is 0 Å². The summed E-state index contributed by atoms with van der Waals surface area (Å²) in [4.78, 5) is 4.28. The van der Waals surface area contributed by atoms with Gasteiger partial charge < -0.3 is 10.1 Å². The SMILES string of the molecule is COc1cncc(C2=CCC[C@@H]3CCNC[C@H]23)c1. The monoisotopic (exact) mass is 244 g/mol. The Morgan fingerprint density at radius 2 is 2.28 bits per heavy atom. The summed E-state index contributed by atoms with van der Waals surface area (Å²) in [5.41, 5.74) is 2.69. The van der Waals surface area contributed by atoms with Crippen molar-refractivity contribution < 1.29 is 4.74 Å². The molecule has 96 valence electrons.